The number of rotatable bonds is 7. The molecule has 0 spiro atoms. The first-order chi connectivity index (χ1) is 15.8. The van der Waals surface area contributed by atoms with Crippen LogP contribution < -0.4 is 5.32 Å². The van der Waals surface area contributed by atoms with Gasteiger partial charge >= 0.3 is 0 Å². The smallest absolute Gasteiger partial charge is 0.150 e. The van der Waals surface area contributed by atoms with E-state index in [9.17, 15) is 9.90 Å². The molecule has 0 bridgehead atoms. The van der Waals surface area contributed by atoms with Crippen molar-refractivity contribution in [1.82, 2.24) is 10.2 Å². The van der Waals surface area contributed by atoms with E-state index in [1.165, 1.54) is 11.1 Å². The fourth-order valence-electron chi connectivity index (χ4n) is 5.70. The summed E-state index contributed by atoms with van der Waals surface area (Å²) < 4.78 is 0. The van der Waals surface area contributed by atoms with Gasteiger partial charge in [-0.1, -0.05) is 64.1 Å². The van der Waals surface area contributed by atoms with Crippen molar-refractivity contribution in [1.29, 1.82) is 0 Å². The van der Waals surface area contributed by atoms with Gasteiger partial charge in [-0.3, -0.25) is 4.79 Å². The number of carbonyl (C=O) groups excluding carboxylic acids is 1. The number of hydrogen-bond donors (Lipinski definition) is 2. The van der Waals surface area contributed by atoms with Crippen LogP contribution in [0, 0.1) is 17.8 Å². The Hall–Kier alpha value is -2.17. The Morgan fingerprint density at radius 2 is 1.94 bits per heavy atom. The normalized spacial score (nSPS) is 26.7. The van der Waals surface area contributed by atoms with E-state index in [0.717, 1.165) is 38.0 Å². The van der Waals surface area contributed by atoms with Gasteiger partial charge in [-0.05, 0) is 71.4 Å². The maximum atomic E-state index is 13.3. The molecular weight excluding hydrogens is 408 g/mol. The zero-order valence-corrected chi connectivity index (χ0v) is 20.7. The number of piperidine rings is 1. The van der Waals surface area contributed by atoms with E-state index in [2.05, 4.69) is 68.2 Å². The molecule has 2 heterocycles. The van der Waals surface area contributed by atoms with Crippen LogP contribution in [0.1, 0.15) is 57.2 Å². The Morgan fingerprint density at radius 1 is 1.18 bits per heavy atom. The molecule has 2 aliphatic rings. The Bertz CT molecular complexity index is 957. The molecule has 2 aliphatic heterocycles. The predicted molar refractivity (Wildman–Crippen MR) is 134 cm³/mol. The summed E-state index contributed by atoms with van der Waals surface area (Å²) in [5.74, 6) is 2.03. The van der Waals surface area contributed by atoms with Crippen LogP contribution in [-0.4, -0.2) is 41.5 Å². The number of hydrogen-bond acceptors (Lipinski definition) is 4. The van der Waals surface area contributed by atoms with E-state index >= 15 is 0 Å². The molecule has 33 heavy (non-hydrogen) atoms. The van der Waals surface area contributed by atoms with E-state index in [1.54, 1.807) is 12.1 Å². The lowest BCUT2D eigenvalue weighted by molar-refractivity contribution is -0.122. The first-order valence-corrected chi connectivity index (χ1v) is 12.6. The molecular formula is C29H40N2O2. The van der Waals surface area contributed by atoms with E-state index in [4.69, 9.17) is 0 Å². The molecule has 1 saturated heterocycles. The second-order valence-corrected chi connectivity index (χ2v) is 11.0. The van der Waals surface area contributed by atoms with Gasteiger partial charge in [-0.25, -0.2) is 0 Å². The summed E-state index contributed by atoms with van der Waals surface area (Å²) in [5, 5.41) is 13.1. The number of aromatic hydroxyl groups is 1. The van der Waals surface area contributed by atoms with Crippen molar-refractivity contribution in [3.05, 3.63) is 65.2 Å². The van der Waals surface area contributed by atoms with Crippen LogP contribution in [0.5, 0.6) is 5.75 Å². The SMILES string of the molecule is CC(C)[C@H](CC(=O)[C@H]1Cc2ccc(O)cc2CN1)CN1CC[C@@](C)(c2ccccc2)[C@@H](C)C1. The quantitative estimate of drug-likeness (QED) is 0.630. The molecule has 4 nitrogen and oxygen atoms in total. The molecule has 2 aromatic rings. The standard InChI is InChI=1S/C29H40N2O2/c1-20(2)24(16-28(33)27-15-22-10-11-26(32)14-23(22)17-30-27)19-31-13-12-29(4,21(3)18-31)25-8-6-5-7-9-25/h5-11,14,20-21,24,27,30,32H,12-13,15-19H2,1-4H3/t21-,24+,27+,29+/m0/s1. The molecule has 0 unspecified atom stereocenters. The van der Waals surface area contributed by atoms with Gasteiger partial charge in [-0.15, -0.1) is 0 Å². The van der Waals surface area contributed by atoms with Gasteiger partial charge in [0.1, 0.15) is 11.5 Å². The highest BCUT2D eigenvalue weighted by Crippen LogP contribution is 2.39. The first kappa shape index (κ1) is 24.0. The highest BCUT2D eigenvalue weighted by molar-refractivity contribution is 5.85. The van der Waals surface area contributed by atoms with E-state index < -0.39 is 0 Å². The van der Waals surface area contributed by atoms with E-state index in [-0.39, 0.29) is 11.5 Å². The molecule has 0 amide bonds. The number of phenols is 1. The third-order valence-corrected chi connectivity index (χ3v) is 8.44. The van der Waals surface area contributed by atoms with Crippen molar-refractivity contribution < 1.29 is 9.90 Å². The summed E-state index contributed by atoms with van der Waals surface area (Å²) >= 11 is 0. The lowest BCUT2D eigenvalue weighted by Gasteiger charge is -2.46. The Kier molecular flexibility index (Phi) is 7.25. The highest BCUT2D eigenvalue weighted by atomic mass is 16.3. The zero-order valence-electron chi connectivity index (χ0n) is 20.7. The third-order valence-electron chi connectivity index (χ3n) is 8.44. The van der Waals surface area contributed by atoms with Gasteiger partial charge < -0.3 is 15.3 Å². The minimum Gasteiger partial charge on any atom is -0.508 e. The fraction of sp³-hybridized carbons (Fsp3) is 0.552. The van der Waals surface area contributed by atoms with Gasteiger partial charge in [0, 0.05) is 26.1 Å². The summed E-state index contributed by atoms with van der Waals surface area (Å²) in [6.07, 6.45) is 2.50. The van der Waals surface area contributed by atoms with Gasteiger partial charge in [0.05, 0.1) is 6.04 Å². The summed E-state index contributed by atoms with van der Waals surface area (Å²) in [6.45, 7) is 13.1. The summed E-state index contributed by atoms with van der Waals surface area (Å²) in [5.41, 5.74) is 3.94. The van der Waals surface area contributed by atoms with E-state index in [0.29, 0.717) is 42.3 Å². The molecule has 4 heteroatoms. The number of ketones is 1. The average Bonchev–Trinajstić information content (AvgIpc) is 2.81. The molecule has 4 atom stereocenters. The minimum atomic E-state index is -0.120. The van der Waals surface area contributed by atoms with Crippen LogP contribution >= 0.6 is 0 Å². The average molecular weight is 449 g/mol. The monoisotopic (exact) mass is 448 g/mol. The summed E-state index contributed by atoms with van der Waals surface area (Å²) in [6, 6.07) is 16.3. The second-order valence-electron chi connectivity index (χ2n) is 11.0. The van der Waals surface area contributed by atoms with Crippen LogP contribution in [0.15, 0.2) is 48.5 Å². The van der Waals surface area contributed by atoms with Crippen LogP contribution in [0.2, 0.25) is 0 Å². The number of benzene rings is 2. The van der Waals surface area contributed by atoms with Crippen molar-refractivity contribution in [2.45, 2.75) is 65.0 Å². The molecule has 0 saturated carbocycles. The number of nitrogens with zero attached hydrogens (tertiary/aromatic N) is 1. The summed E-state index contributed by atoms with van der Waals surface area (Å²) in [7, 11) is 0. The van der Waals surface area contributed by atoms with E-state index in [1.807, 2.05) is 6.07 Å². The molecule has 1 fully saturated rings. The fourth-order valence-corrected chi connectivity index (χ4v) is 5.70. The van der Waals surface area contributed by atoms with Gasteiger partial charge in [-0.2, -0.15) is 0 Å². The maximum Gasteiger partial charge on any atom is 0.150 e. The molecule has 0 radical (unpaired) electrons. The lowest BCUT2D eigenvalue weighted by Crippen LogP contribution is -2.49. The Morgan fingerprint density at radius 3 is 2.64 bits per heavy atom. The van der Waals surface area contributed by atoms with Crippen molar-refractivity contribution in [2.24, 2.45) is 17.8 Å². The van der Waals surface area contributed by atoms with Crippen LogP contribution in [0.4, 0.5) is 0 Å². The number of Topliss-reactive ketones (excluding diaryl/α,β-unsaturated/α-hetero) is 1. The van der Waals surface area contributed by atoms with Crippen LogP contribution in [-0.2, 0) is 23.2 Å². The van der Waals surface area contributed by atoms with Crippen molar-refractivity contribution in [3.63, 3.8) is 0 Å². The Labute approximate surface area is 199 Å². The maximum absolute atomic E-state index is 13.3. The molecule has 178 valence electrons. The number of fused-ring (bicyclic) bond motifs is 1. The first-order valence-electron chi connectivity index (χ1n) is 12.6. The molecule has 2 N–H and O–H groups in total. The molecule has 4 rings (SSSR count). The number of nitrogens with one attached hydrogen (secondary N) is 1. The molecule has 0 aliphatic carbocycles. The summed E-state index contributed by atoms with van der Waals surface area (Å²) in [4.78, 5) is 15.9. The van der Waals surface area contributed by atoms with Crippen molar-refractivity contribution in [2.75, 3.05) is 19.6 Å². The van der Waals surface area contributed by atoms with Gasteiger partial charge in [0.15, 0.2) is 0 Å². The molecule has 0 aromatic heterocycles. The zero-order chi connectivity index (χ0) is 23.6. The molecule has 2 aromatic carbocycles. The predicted octanol–water partition coefficient (Wildman–Crippen LogP) is 4.94. The van der Waals surface area contributed by atoms with Crippen LogP contribution in [0.25, 0.3) is 0 Å². The topological polar surface area (TPSA) is 52.6 Å². The number of phenolic OH excluding ortho intramolecular Hbond substituents is 1. The third kappa shape index (κ3) is 5.33. The van der Waals surface area contributed by atoms with Crippen LogP contribution in [0.3, 0.4) is 0 Å². The van der Waals surface area contributed by atoms with Crippen molar-refractivity contribution in [3.8, 4) is 5.75 Å². The van der Waals surface area contributed by atoms with Gasteiger partial charge in [0.25, 0.3) is 0 Å². The number of carbonyl (C=O) groups is 1. The number of likely N-dealkylation sites (tertiary alicyclic amines) is 1. The lowest BCUT2D eigenvalue weighted by atomic mass is 9.68. The largest absolute Gasteiger partial charge is 0.508 e. The highest BCUT2D eigenvalue weighted by Gasteiger charge is 2.38. The minimum absolute atomic E-state index is 0.120. The van der Waals surface area contributed by atoms with Crippen molar-refractivity contribution >= 4 is 5.78 Å². The second kappa shape index (κ2) is 9.99. The Balaban J connectivity index is 1.36. The van der Waals surface area contributed by atoms with Gasteiger partial charge in [0.2, 0.25) is 0 Å².